The third-order valence-corrected chi connectivity index (χ3v) is 3.10. The Bertz CT molecular complexity index is 562. The van der Waals surface area contributed by atoms with Crippen molar-refractivity contribution in [3.8, 4) is 11.3 Å². The smallest absolute Gasteiger partial charge is 0.337 e. The van der Waals surface area contributed by atoms with E-state index in [0.717, 1.165) is 27.9 Å². The van der Waals surface area contributed by atoms with E-state index in [2.05, 4.69) is 4.98 Å². The number of carbonyl (C=O) groups is 1. The molecule has 0 fully saturated rings. The predicted octanol–water partition coefficient (Wildman–Crippen LogP) is 3.31. The molecule has 1 aromatic heterocycles. The first-order chi connectivity index (χ1) is 8.02. The standard InChI is InChI=1S/C14H15NO2/c1-8-5-4-6-9(2)12(8)13-10(3)11(7-15-13)14(16)17/h4-7,15H,1-3H3,(H,16,17). The van der Waals surface area contributed by atoms with Gasteiger partial charge in [0.15, 0.2) is 0 Å². The van der Waals surface area contributed by atoms with Gasteiger partial charge < -0.3 is 10.1 Å². The van der Waals surface area contributed by atoms with Crippen molar-refractivity contribution in [3.63, 3.8) is 0 Å². The Morgan fingerprint density at radius 2 is 1.76 bits per heavy atom. The molecule has 2 aromatic rings. The van der Waals surface area contributed by atoms with Gasteiger partial charge in [-0.2, -0.15) is 0 Å². The zero-order valence-electron chi connectivity index (χ0n) is 10.2. The molecule has 0 saturated heterocycles. The molecule has 0 bridgehead atoms. The molecule has 1 aromatic carbocycles. The highest BCUT2D eigenvalue weighted by atomic mass is 16.4. The third-order valence-electron chi connectivity index (χ3n) is 3.10. The summed E-state index contributed by atoms with van der Waals surface area (Å²) in [7, 11) is 0. The average molecular weight is 229 g/mol. The molecular weight excluding hydrogens is 214 g/mol. The molecule has 17 heavy (non-hydrogen) atoms. The Labute approximate surface area is 100 Å². The lowest BCUT2D eigenvalue weighted by atomic mass is 9.97. The molecule has 2 rings (SSSR count). The minimum absolute atomic E-state index is 0.336. The normalized spacial score (nSPS) is 10.5. The van der Waals surface area contributed by atoms with E-state index in [1.165, 1.54) is 0 Å². The number of hydrogen-bond donors (Lipinski definition) is 2. The van der Waals surface area contributed by atoms with Crippen LogP contribution in [0, 0.1) is 20.8 Å². The van der Waals surface area contributed by atoms with Gasteiger partial charge in [-0.15, -0.1) is 0 Å². The molecule has 0 spiro atoms. The number of H-pyrrole nitrogens is 1. The number of aromatic amines is 1. The largest absolute Gasteiger partial charge is 0.478 e. The van der Waals surface area contributed by atoms with Gasteiger partial charge in [-0.05, 0) is 37.5 Å². The Morgan fingerprint density at radius 3 is 2.24 bits per heavy atom. The molecular formula is C14H15NO2. The Balaban J connectivity index is 2.66. The molecule has 1 heterocycles. The van der Waals surface area contributed by atoms with Crippen LogP contribution in [0.5, 0.6) is 0 Å². The molecule has 3 nitrogen and oxygen atoms in total. The van der Waals surface area contributed by atoms with Gasteiger partial charge in [0, 0.05) is 17.5 Å². The monoisotopic (exact) mass is 229 g/mol. The van der Waals surface area contributed by atoms with E-state index in [1.54, 1.807) is 6.20 Å². The first-order valence-corrected chi connectivity index (χ1v) is 5.50. The van der Waals surface area contributed by atoms with Gasteiger partial charge in [0.05, 0.1) is 5.56 Å². The highest BCUT2D eigenvalue weighted by molar-refractivity contribution is 5.92. The highest BCUT2D eigenvalue weighted by Crippen LogP contribution is 2.30. The van der Waals surface area contributed by atoms with Gasteiger partial charge in [-0.3, -0.25) is 0 Å². The lowest BCUT2D eigenvalue weighted by molar-refractivity contribution is 0.0696. The molecule has 88 valence electrons. The summed E-state index contributed by atoms with van der Waals surface area (Å²) in [6, 6.07) is 6.07. The minimum atomic E-state index is -0.892. The van der Waals surface area contributed by atoms with Crippen LogP contribution in [0.25, 0.3) is 11.3 Å². The fourth-order valence-electron chi connectivity index (χ4n) is 2.19. The van der Waals surface area contributed by atoms with Gasteiger partial charge in [-0.1, -0.05) is 18.2 Å². The first-order valence-electron chi connectivity index (χ1n) is 5.50. The molecule has 3 heteroatoms. The SMILES string of the molecule is Cc1cccc(C)c1-c1[nH]cc(C(=O)O)c1C. The van der Waals surface area contributed by atoms with Crippen molar-refractivity contribution in [2.45, 2.75) is 20.8 Å². The summed E-state index contributed by atoms with van der Waals surface area (Å²) in [5.74, 6) is -0.892. The zero-order valence-corrected chi connectivity index (χ0v) is 10.2. The van der Waals surface area contributed by atoms with Crippen LogP contribution < -0.4 is 0 Å². The quantitative estimate of drug-likeness (QED) is 0.830. The van der Waals surface area contributed by atoms with Crippen molar-refractivity contribution in [3.05, 3.63) is 46.6 Å². The van der Waals surface area contributed by atoms with Crippen LogP contribution in [0.2, 0.25) is 0 Å². The molecule has 0 atom stereocenters. The third kappa shape index (κ3) is 1.84. The van der Waals surface area contributed by atoms with Crippen LogP contribution in [0.4, 0.5) is 0 Å². The molecule has 0 aliphatic carbocycles. The molecule has 0 aliphatic rings. The van der Waals surface area contributed by atoms with Crippen molar-refractivity contribution < 1.29 is 9.90 Å². The topological polar surface area (TPSA) is 53.1 Å². The molecule has 0 aliphatic heterocycles. The van der Waals surface area contributed by atoms with Crippen LogP contribution >= 0.6 is 0 Å². The minimum Gasteiger partial charge on any atom is -0.478 e. The van der Waals surface area contributed by atoms with Crippen LogP contribution in [0.3, 0.4) is 0 Å². The molecule has 0 amide bonds. The summed E-state index contributed by atoms with van der Waals surface area (Å²) in [6.07, 6.45) is 1.55. The van der Waals surface area contributed by atoms with Crippen molar-refractivity contribution >= 4 is 5.97 Å². The Morgan fingerprint density at radius 1 is 1.18 bits per heavy atom. The number of carboxylic acids is 1. The van der Waals surface area contributed by atoms with Crippen molar-refractivity contribution in [2.24, 2.45) is 0 Å². The maximum atomic E-state index is 11.0. The zero-order chi connectivity index (χ0) is 12.6. The van der Waals surface area contributed by atoms with Gasteiger partial charge in [-0.25, -0.2) is 4.79 Å². The maximum Gasteiger partial charge on any atom is 0.337 e. The summed E-state index contributed by atoms with van der Waals surface area (Å²) < 4.78 is 0. The van der Waals surface area contributed by atoms with Crippen LogP contribution in [-0.2, 0) is 0 Å². The maximum absolute atomic E-state index is 11.0. The van der Waals surface area contributed by atoms with E-state index >= 15 is 0 Å². The first kappa shape index (κ1) is 11.5. The number of aryl methyl sites for hydroxylation is 2. The second-order valence-corrected chi connectivity index (χ2v) is 4.27. The lowest BCUT2D eigenvalue weighted by Crippen LogP contribution is -1.96. The Kier molecular flexibility index (Phi) is 2.76. The number of nitrogens with one attached hydrogen (secondary N) is 1. The summed E-state index contributed by atoms with van der Waals surface area (Å²) in [5, 5.41) is 9.04. The van der Waals surface area contributed by atoms with Crippen molar-refractivity contribution in [2.75, 3.05) is 0 Å². The van der Waals surface area contributed by atoms with E-state index in [1.807, 2.05) is 39.0 Å². The average Bonchev–Trinajstić information content (AvgIpc) is 2.61. The van der Waals surface area contributed by atoms with Crippen LogP contribution in [-0.4, -0.2) is 16.1 Å². The number of aromatic carboxylic acids is 1. The van der Waals surface area contributed by atoms with Crippen molar-refractivity contribution in [1.29, 1.82) is 0 Å². The number of rotatable bonds is 2. The summed E-state index contributed by atoms with van der Waals surface area (Å²) >= 11 is 0. The lowest BCUT2D eigenvalue weighted by Gasteiger charge is -2.09. The van der Waals surface area contributed by atoms with E-state index in [4.69, 9.17) is 5.11 Å². The predicted molar refractivity (Wildman–Crippen MR) is 67.4 cm³/mol. The van der Waals surface area contributed by atoms with E-state index < -0.39 is 5.97 Å². The number of carboxylic acid groups (broad SMARTS) is 1. The number of aromatic nitrogens is 1. The second-order valence-electron chi connectivity index (χ2n) is 4.27. The van der Waals surface area contributed by atoms with Gasteiger partial charge in [0.2, 0.25) is 0 Å². The van der Waals surface area contributed by atoms with E-state index in [0.29, 0.717) is 5.56 Å². The van der Waals surface area contributed by atoms with Crippen LogP contribution in [0.1, 0.15) is 27.0 Å². The fourth-order valence-corrected chi connectivity index (χ4v) is 2.19. The highest BCUT2D eigenvalue weighted by Gasteiger charge is 2.16. The number of hydrogen-bond acceptors (Lipinski definition) is 1. The van der Waals surface area contributed by atoms with E-state index in [-0.39, 0.29) is 0 Å². The molecule has 0 radical (unpaired) electrons. The van der Waals surface area contributed by atoms with Gasteiger partial charge >= 0.3 is 5.97 Å². The Hall–Kier alpha value is -2.03. The number of benzene rings is 1. The van der Waals surface area contributed by atoms with Crippen molar-refractivity contribution in [1.82, 2.24) is 4.98 Å². The molecule has 2 N–H and O–H groups in total. The fraction of sp³-hybridized carbons (Fsp3) is 0.214. The summed E-state index contributed by atoms with van der Waals surface area (Å²) in [5.41, 5.74) is 5.41. The summed E-state index contributed by atoms with van der Waals surface area (Å²) in [6.45, 7) is 5.90. The van der Waals surface area contributed by atoms with E-state index in [9.17, 15) is 4.79 Å². The van der Waals surface area contributed by atoms with Gasteiger partial charge in [0.1, 0.15) is 0 Å². The molecule has 0 saturated carbocycles. The second kappa shape index (κ2) is 4.09. The van der Waals surface area contributed by atoms with Gasteiger partial charge in [0.25, 0.3) is 0 Å². The van der Waals surface area contributed by atoms with Crippen LogP contribution in [0.15, 0.2) is 24.4 Å². The summed E-state index contributed by atoms with van der Waals surface area (Å²) in [4.78, 5) is 14.1. The molecule has 0 unspecified atom stereocenters.